The number of sulfone groups is 1. The summed E-state index contributed by atoms with van der Waals surface area (Å²) < 4.78 is 25.4. The van der Waals surface area contributed by atoms with Crippen molar-refractivity contribution in [1.82, 2.24) is 0 Å². The predicted octanol–water partition coefficient (Wildman–Crippen LogP) is 4.69. The van der Waals surface area contributed by atoms with Gasteiger partial charge in [0, 0.05) is 22.8 Å². The highest BCUT2D eigenvalue weighted by molar-refractivity contribution is 7.91. The molecule has 0 saturated heterocycles. The predicted molar refractivity (Wildman–Crippen MR) is 106 cm³/mol. The van der Waals surface area contributed by atoms with Crippen LogP contribution in [0.5, 0.6) is 0 Å². The van der Waals surface area contributed by atoms with Crippen LogP contribution in [0, 0.1) is 0 Å². The lowest BCUT2D eigenvalue weighted by Gasteiger charge is -2.21. The summed E-state index contributed by atoms with van der Waals surface area (Å²) in [4.78, 5) is 11.6. The molecule has 0 spiro atoms. The van der Waals surface area contributed by atoms with Crippen LogP contribution in [0.4, 0.5) is 5.69 Å². The highest BCUT2D eigenvalue weighted by Crippen LogP contribution is 2.38. The molecule has 0 amide bonds. The fourth-order valence-electron chi connectivity index (χ4n) is 2.83. The fraction of sp³-hybridized carbons (Fsp3) is 0.421. The number of allylic oxidation sites excluding steroid dienone is 4. The van der Waals surface area contributed by atoms with Gasteiger partial charge >= 0.3 is 5.97 Å². The van der Waals surface area contributed by atoms with Crippen LogP contribution < -0.4 is 5.32 Å². The Labute approximate surface area is 159 Å². The molecule has 0 fully saturated rings. The molecule has 142 valence electrons. The van der Waals surface area contributed by atoms with Crippen LogP contribution in [0.15, 0.2) is 34.2 Å². The summed E-state index contributed by atoms with van der Waals surface area (Å²) in [5.74, 6) is -1.25. The lowest BCUT2D eigenvalue weighted by atomic mass is 9.94. The van der Waals surface area contributed by atoms with Gasteiger partial charge in [-0.05, 0) is 43.0 Å². The second-order valence-corrected chi connectivity index (χ2v) is 8.92. The Bertz CT molecular complexity index is 857. The molecule has 0 aliphatic heterocycles. The summed E-state index contributed by atoms with van der Waals surface area (Å²) in [5, 5.41) is 13.4. The molecule has 1 aromatic carbocycles. The molecule has 0 heterocycles. The zero-order valence-electron chi connectivity index (χ0n) is 15.0. The maximum Gasteiger partial charge on any atom is 0.335 e. The average molecular weight is 398 g/mol. The summed E-state index contributed by atoms with van der Waals surface area (Å²) in [6, 6.07) is 2.78. The molecule has 7 heteroatoms. The number of hydrogen-bond donors (Lipinski definition) is 2. The first kappa shape index (κ1) is 20.5. The van der Waals surface area contributed by atoms with E-state index in [1.807, 2.05) is 6.08 Å². The third-order valence-corrected chi connectivity index (χ3v) is 6.40. The molecule has 0 saturated carbocycles. The van der Waals surface area contributed by atoms with Crippen molar-refractivity contribution in [3.05, 3.63) is 40.4 Å². The molecule has 0 bridgehead atoms. The first-order chi connectivity index (χ1) is 12.3. The summed E-state index contributed by atoms with van der Waals surface area (Å²) in [5.41, 5.74) is 1.92. The Balaban J connectivity index is 2.72. The van der Waals surface area contributed by atoms with Gasteiger partial charge in [0.15, 0.2) is 9.84 Å². The Morgan fingerprint density at radius 2 is 1.96 bits per heavy atom. The quantitative estimate of drug-likeness (QED) is 0.621. The van der Waals surface area contributed by atoms with Crippen molar-refractivity contribution in [3.63, 3.8) is 0 Å². The Morgan fingerprint density at radius 3 is 2.50 bits per heavy atom. The van der Waals surface area contributed by atoms with Crippen LogP contribution in [-0.4, -0.2) is 31.8 Å². The highest BCUT2D eigenvalue weighted by Gasteiger charge is 2.25. The molecular weight excluding hydrogens is 374 g/mol. The van der Waals surface area contributed by atoms with Gasteiger partial charge in [0.25, 0.3) is 0 Å². The van der Waals surface area contributed by atoms with E-state index >= 15 is 0 Å². The highest BCUT2D eigenvalue weighted by atomic mass is 35.5. The van der Waals surface area contributed by atoms with Crippen LogP contribution in [0.25, 0.3) is 5.57 Å². The maximum atomic E-state index is 12.7. The minimum Gasteiger partial charge on any atom is -0.478 e. The van der Waals surface area contributed by atoms with Crippen molar-refractivity contribution in [1.29, 1.82) is 0 Å². The summed E-state index contributed by atoms with van der Waals surface area (Å²) >= 11 is 6.04. The molecule has 0 aromatic heterocycles. The molecule has 1 aliphatic carbocycles. The molecule has 2 rings (SSSR count). The molecule has 2 N–H and O–H groups in total. The van der Waals surface area contributed by atoms with Crippen molar-refractivity contribution in [3.8, 4) is 0 Å². The first-order valence-electron chi connectivity index (χ1n) is 8.73. The van der Waals surface area contributed by atoms with E-state index in [0.29, 0.717) is 30.6 Å². The van der Waals surface area contributed by atoms with Crippen molar-refractivity contribution < 1.29 is 18.3 Å². The van der Waals surface area contributed by atoms with Gasteiger partial charge in [0.1, 0.15) is 0 Å². The standard InChI is InChI=1S/C19H24ClNO4S/c1-3-5-10-21-16-11-14(19(22)23)12-17(26(24,25)4-2)18(16)13-6-8-15(20)9-7-13/h6,8,11-12,21H,3-5,7,9-10H2,1-2H3,(H,22,23). The lowest BCUT2D eigenvalue weighted by molar-refractivity contribution is 0.0696. The number of benzene rings is 1. The molecule has 5 nitrogen and oxygen atoms in total. The van der Waals surface area contributed by atoms with Crippen molar-refractivity contribution in [2.45, 2.75) is 44.4 Å². The van der Waals surface area contributed by atoms with Crippen LogP contribution >= 0.6 is 11.6 Å². The number of nitrogens with one attached hydrogen (secondary N) is 1. The van der Waals surface area contributed by atoms with E-state index in [9.17, 15) is 18.3 Å². The molecule has 0 radical (unpaired) electrons. The van der Waals surface area contributed by atoms with Crippen molar-refractivity contribution >= 4 is 38.7 Å². The topological polar surface area (TPSA) is 83.5 Å². The number of carboxylic acids is 1. The van der Waals surface area contributed by atoms with Gasteiger partial charge in [-0.3, -0.25) is 0 Å². The molecular formula is C19H24ClNO4S. The molecule has 1 aliphatic rings. The SMILES string of the molecule is CCCCNc1cc(C(=O)O)cc(S(=O)(=O)CC)c1C1=CC=C(Cl)CC1. The van der Waals surface area contributed by atoms with Crippen molar-refractivity contribution in [2.24, 2.45) is 0 Å². The van der Waals surface area contributed by atoms with Crippen LogP contribution in [0.3, 0.4) is 0 Å². The third kappa shape index (κ3) is 4.68. The Morgan fingerprint density at radius 1 is 1.23 bits per heavy atom. The number of halogens is 1. The maximum absolute atomic E-state index is 12.7. The van der Waals surface area contributed by atoms with E-state index in [4.69, 9.17) is 11.6 Å². The van der Waals surface area contributed by atoms with Gasteiger partial charge in [-0.15, -0.1) is 0 Å². The van der Waals surface area contributed by atoms with Gasteiger partial charge in [0.2, 0.25) is 0 Å². The molecule has 26 heavy (non-hydrogen) atoms. The molecule has 0 atom stereocenters. The van der Waals surface area contributed by atoms with Crippen LogP contribution in [0.1, 0.15) is 55.5 Å². The number of aromatic carboxylic acids is 1. The Kier molecular flexibility index (Phi) is 6.89. The van der Waals surface area contributed by atoms with Crippen LogP contribution in [0.2, 0.25) is 0 Å². The zero-order chi connectivity index (χ0) is 19.3. The monoisotopic (exact) mass is 397 g/mol. The van der Waals surface area contributed by atoms with E-state index < -0.39 is 15.8 Å². The van der Waals surface area contributed by atoms with E-state index in [-0.39, 0.29) is 16.2 Å². The Hall–Kier alpha value is -1.79. The van der Waals surface area contributed by atoms with Gasteiger partial charge in [-0.25, -0.2) is 13.2 Å². The van der Waals surface area contributed by atoms with E-state index in [1.165, 1.54) is 12.1 Å². The molecule has 0 unspecified atom stereocenters. The van der Waals surface area contributed by atoms with Gasteiger partial charge in [-0.1, -0.05) is 37.9 Å². The fourth-order valence-corrected chi connectivity index (χ4v) is 4.16. The number of anilines is 1. The zero-order valence-corrected chi connectivity index (χ0v) is 16.6. The number of hydrogen-bond acceptors (Lipinski definition) is 4. The van der Waals surface area contributed by atoms with Gasteiger partial charge in [0.05, 0.1) is 16.2 Å². The first-order valence-corrected chi connectivity index (χ1v) is 10.8. The summed E-state index contributed by atoms with van der Waals surface area (Å²) in [7, 11) is -3.60. The number of rotatable bonds is 8. The second-order valence-electron chi connectivity index (χ2n) is 6.19. The minimum atomic E-state index is -3.60. The second kappa shape index (κ2) is 8.73. The lowest BCUT2D eigenvalue weighted by Crippen LogP contribution is -2.14. The minimum absolute atomic E-state index is 0.0373. The summed E-state index contributed by atoms with van der Waals surface area (Å²) in [6.45, 7) is 4.25. The third-order valence-electron chi connectivity index (χ3n) is 4.33. The van der Waals surface area contributed by atoms with Crippen LogP contribution in [-0.2, 0) is 9.84 Å². The van der Waals surface area contributed by atoms with E-state index in [0.717, 1.165) is 23.4 Å². The average Bonchev–Trinajstić information content (AvgIpc) is 2.62. The summed E-state index contributed by atoms with van der Waals surface area (Å²) in [6.07, 6.45) is 6.70. The number of carboxylic acid groups (broad SMARTS) is 1. The molecule has 1 aromatic rings. The van der Waals surface area contributed by atoms with E-state index in [2.05, 4.69) is 12.2 Å². The normalized spacial score (nSPS) is 14.6. The van der Waals surface area contributed by atoms with Gasteiger partial charge < -0.3 is 10.4 Å². The number of unbranched alkanes of at least 4 members (excludes halogenated alkanes) is 1. The van der Waals surface area contributed by atoms with Gasteiger partial charge in [-0.2, -0.15) is 0 Å². The van der Waals surface area contributed by atoms with E-state index in [1.54, 1.807) is 13.0 Å². The number of carbonyl (C=O) groups is 1. The smallest absolute Gasteiger partial charge is 0.335 e. The largest absolute Gasteiger partial charge is 0.478 e. The van der Waals surface area contributed by atoms with Crippen molar-refractivity contribution in [2.75, 3.05) is 17.6 Å².